The van der Waals surface area contributed by atoms with Crippen molar-refractivity contribution >= 4 is 11.6 Å². The van der Waals surface area contributed by atoms with Gasteiger partial charge in [-0.3, -0.25) is 9.59 Å². The van der Waals surface area contributed by atoms with Crippen LogP contribution in [0.1, 0.15) is 50.3 Å². The summed E-state index contributed by atoms with van der Waals surface area (Å²) in [6.07, 6.45) is 2.18. The molecule has 0 bridgehead atoms. The molecule has 4 unspecified atom stereocenters. The van der Waals surface area contributed by atoms with Crippen LogP contribution in [0.4, 0.5) is 0 Å². The van der Waals surface area contributed by atoms with E-state index < -0.39 is 34.7 Å². The van der Waals surface area contributed by atoms with Crippen LogP contribution in [0.3, 0.4) is 0 Å². The monoisotopic (exact) mass is 511 g/mol. The number of ketones is 2. The van der Waals surface area contributed by atoms with E-state index in [0.717, 1.165) is 15.7 Å². The fourth-order valence-electron chi connectivity index (χ4n) is 6.88. The molecular weight excluding hydrogens is 482 g/mol. The van der Waals surface area contributed by atoms with Crippen molar-refractivity contribution in [1.29, 1.82) is 0 Å². The molecule has 194 valence electrons. The summed E-state index contributed by atoms with van der Waals surface area (Å²) < 4.78 is 4.06. The van der Waals surface area contributed by atoms with Crippen molar-refractivity contribution in [2.24, 2.45) is 11.3 Å². The normalized spacial score (nSPS) is 26.5. The number of allylic oxidation sites excluding steroid dienone is 4. The lowest BCUT2D eigenvalue weighted by atomic mass is 9.50. The molecule has 2 aromatic carbocycles. The zero-order chi connectivity index (χ0) is 27.1. The van der Waals surface area contributed by atoms with Crippen molar-refractivity contribution in [2.45, 2.75) is 52.6 Å². The van der Waals surface area contributed by atoms with Crippen LogP contribution >= 0.6 is 0 Å². The molecule has 0 spiro atoms. The van der Waals surface area contributed by atoms with Crippen molar-refractivity contribution in [3.8, 4) is 11.4 Å². The number of rotatable bonds is 2. The molecule has 0 radical (unpaired) electrons. The van der Waals surface area contributed by atoms with E-state index in [1.165, 1.54) is 9.36 Å². The molecule has 1 N–H and O–H groups in total. The van der Waals surface area contributed by atoms with E-state index in [0.29, 0.717) is 22.4 Å². The minimum Gasteiger partial charge on any atom is -0.508 e. The third kappa shape index (κ3) is 3.03. The highest BCUT2D eigenvalue weighted by Gasteiger charge is 2.60. The molecule has 4 atom stereocenters. The van der Waals surface area contributed by atoms with E-state index >= 15 is 0 Å². The van der Waals surface area contributed by atoms with Crippen molar-refractivity contribution in [1.82, 2.24) is 13.9 Å². The van der Waals surface area contributed by atoms with E-state index in [1.807, 2.05) is 25.1 Å². The molecule has 2 aliphatic carbocycles. The number of nitrogens with zero attached hydrogens (tertiary/aromatic N) is 3. The van der Waals surface area contributed by atoms with Gasteiger partial charge in [0, 0.05) is 11.8 Å². The zero-order valence-electron chi connectivity index (χ0n) is 21.8. The molecule has 38 heavy (non-hydrogen) atoms. The molecule has 1 fully saturated rings. The smallest absolute Gasteiger partial charge is 0.352 e. The fourth-order valence-corrected chi connectivity index (χ4v) is 6.88. The fraction of sp³-hybridized carbons (Fsp3) is 0.333. The number of aromatic hydroxyl groups is 1. The van der Waals surface area contributed by atoms with Crippen LogP contribution in [0.5, 0.6) is 5.75 Å². The van der Waals surface area contributed by atoms with E-state index in [9.17, 15) is 24.3 Å². The third-order valence-corrected chi connectivity index (χ3v) is 9.00. The number of phenolic OH excluding ortho intramolecular Hbond substituents is 1. The molecule has 3 aromatic rings. The van der Waals surface area contributed by atoms with Gasteiger partial charge in [-0.25, -0.2) is 23.5 Å². The van der Waals surface area contributed by atoms with Gasteiger partial charge in [-0.05, 0) is 73.2 Å². The maximum atomic E-state index is 14.0. The number of para-hydroxylation sites is 1. The van der Waals surface area contributed by atoms with Crippen LogP contribution in [0.2, 0.25) is 0 Å². The second kappa shape index (κ2) is 8.15. The van der Waals surface area contributed by atoms with Gasteiger partial charge in [0.1, 0.15) is 5.75 Å². The van der Waals surface area contributed by atoms with Crippen LogP contribution in [0.25, 0.3) is 5.69 Å². The number of hydrogen-bond donors (Lipinski definition) is 1. The number of carbonyl (C=O) groups is 2. The highest BCUT2D eigenvalue weighted by Crippen LogP contribution is 2.60. The van der Waals surface area contributed by atoms with Crippen LogP contribution in [-0.2, 0) is 16.1 Å². The first-order valence-electron chi connectivity index (χ1n) is 12.8. The summed E-state index contributed by atoms with van der Waals surface area (Å²) >= 11 is 0. The van der Waals surface area contributed by atoms with Gasteiger partial charge >= 0.3 is 11.4 Å². The number of aryl methyl sites for hydroxylation is 1. The zero-order valence-corrected chi connectivity index (χ0v) is 21.8. The average Bonchev–Trinajstić information content (AvgIpc) is 3.17. The predicted molar refractivity (Wildman–Crippen MR) is 142 cm³/mol. The molecular formula is C30H29N3O5. The minimum absolute atomic E-state index is 0.0770. The van der Waals surface area contributed by atoms with Crippen molar-refractivity contribution in [2.75, 3.05) is 0 Å². The minimum atomic E-state index is -1.07. The third-order valence-electron chi connectivity index (χ3n) is 9.00. The van der Waals surface area contributed by atoms with Gasteiger partial charge in [-0.1, -0.05) is 43.3 Å². The van der Waals surface area contributed by atoms with Crippen LogP contribution < -0.4 is 11.4 Å². The largest absolute Gasteiger partial charge is 0.508 e. The molecule has 8 nitrogen and oxygen atoms in total. The Bertz CT molecular complexity index is 1720. The maximum Gasteiger partial charge on any atom is 0.352 e. The Balaban J connectivity index is 1.61. The van der Waals surface area contributed by atoms with E-state index in [2.05, 4.69) is 0 Å². The van der Waals surface area contributed by atoms with Crippen LogP contribution in [0.15, 0.2) is 80.9 Å². The number of Topliss-reactive ketones (excluding diaryl/α,β-unsaturated/α-hetero) is 2. The van der Waals surface area contributed by atoms with Gasteiger partial charge in [0.25, 0.3) is 0 Å². The van der Waals surface area contributed by atoms with E-state index in [-0.39, 0.29) is 30.3 Å². The lowest BCUT2D eigenvalue weighted by Gasteiger charge is -2.53. The topological polar surface area (TPSA) is 103 Å². The number of benzene rings is 2. The molecule has 1 aromatic heterocycles. The summed E-state index contributed by atoms with van der Waals surface area (Å²) in [6.45, 7) is 7.22. The van der Waals surface area contributed by atoms with Crippen LogP contribution in [-0.4, -0.2) is 30.6 Å². The Labute approximate surface area is 219 Å². The highest BCUT2D eigenvalue weighted by molar-refractivity contribution is 6.15. The number of carbonyl (C=O) groups excluding carboxylic acids is 2. The first-order valence-corrected chi connectivity index (χ1v) is 12.8. The second-order valence-corrected chi connectivity index (χ2v) is 10.9. The maximum absolute atomic E-state index is 14.0. The van der Waals surface area contributed by atoms with Gasteiger partial charge in [0.05, 0.1) is 23.7 Å². The van der Waals surface area contributed by atoms with Crippen LogP contribution in [0, 0.1) is 18.3 Å². The highest BCUT2D eigenvalue weighted by atomic mass is 16.3. The number of hydrogen-bond acceptors (Lipinski definition) is 5. The van der Waals surface area contributed by atoms with E-state index in [1.54, 1.807) is 57.2 Å². The average molecular weight is 512 g/mol. The van der Waals surface area contributed by atoms with Gasteiger partial charge in [0.15, 0.2) is 11.6 Å². The summed E-state index contributed by atoms with van der Waals surface area (Å²) in [5.41, 5.74) is 1.70. The first-order chi connectivity index (χ1) is 18.1. The standard InChI is InChI=1S/C30H29N3O5/c1-16-14-19(10-11-24(16)34)25-21-12-13-31-28(37)32(20-8-6-5-7-9-20)29(38)33(31)23(21)15-22-26(35)17(2)18(3)27(36)30(22,25)4/h5-12,14,22-23,25,34H,13,15H2,1-4H3. The first kappa shape index (κ1) is 24.2. The Hall–Kier alpha value is -4.20. The molecule has 0 amide bonds. The lowest BCUT2D eigenvalue weighted by Crippen LogP contribution is -2.55. The summed E-state index contributed by atoms with van der Waals surface area (Å²) in [4.78, 5) is 55.0. The summed E-state index contributed by atoms with van der Waals surface area (Å²) in [6, 6.07) is 13.4. The molecule has 1 saturated carbocycles. The number of fused-ring (bicyclic) bond motifs is 4. The van der Waals surface area contributed by atoms with Crippen molar-refractivity contribution in [3.63, 3.8) is 0 Å². The molecule has 1 aliphatic heterocycles. The number of aromatic nitrogens is 3. The molecule has 6 rings (SSSR count). The molecule has 0 saturated heterocycles. The Kier molecular flexibility index (Phi) is 5.18. The van der Waals surface area contributed by atoms with E-state index in [4.69, 9.17) is 0 Å². The summed E-state index contributed by atoms with van der Waals surface area (Å²) in [7, 11) is 0. The summed E-state index contributed by atoms with van der Waals surface area (Å²) in [5, 5.41) is 10.2. The van der Waals surface area contributed by atoms with Crippen molar-refractivity contribution in [3.05, 3.63) is 103 Å². The number of phenols is 1. The molecule has 2 heterocycles. The van der Waals surface area contributed by atoms with Gasteiger partial charge in [-0.2, -0.15) is 0 Å². The second-order valence-electron chi connectivity index (χ2n) is 10.9. The van der Waals surface area contributed by atoms with Crippen molar-refractivity contribution < 1.29 is 14.7 Å². The Morgan fingerprint density at radius 3 is 2.32 bits per heavy atom. The van der Waals surface area contributed by atoms with Gasteiger partial charge < -0.3 is 5.11 Å². The Morgan fingerprint density at radius 2 is 1.63 bits per heavy atom. The molecule has 3 aliphatic rings. The predicted octanol–water partition coefficient (Wildman–Crippen LogP) is 3.59. The van der Waals surface area contributed by atoms with Gasteiger partial charge in [-0.15, -0.1) is 0 Å². The SMILES string of the molecule is CC1=C(C)C(=O)C2(C)C(CC3C(=CCn4c(=O)n(-c5ccccc5)c(=O)n43)C2c2ccc(O)c(C)c2)C1=O. The Morgan fingerprint density at radius 1 is 0.921 bits per heavy atom. The molecule has 8 heteroatoms. The quantitative estimate of drug-likeness (QED) is 0.530. The summed E-state index contributed by atoms with van der Waals surface area (Å²) in [5.74, 6) is -1.22. The lowest BCUT2D eigenvalue weighted by molar-refractivity contribution is -0.140. The van der Waals surface area contributed by atoms with Gasteiger partial charge in [0.2, 0.25) is 0 Å².